The van der Waals surface area contributed by atoms with E-state index in [9.17, 15) is 4.79 Å². The van der Waals surface area contributed by atoms with E-state index in [1.165, 1.54) is 10.9 Å². The second-order valence-corrected chi connectivity index (χ2v) is 7.39. The first kappa shape index (κ1) is 23.2. The molecule has 8 heteroatoms. The van der Waals surface area contributed by atoms with Crippen molar-refractivity contribution in [2.45, 2.75) is 13.3 Å². The van der Waals surface area contributed by atoms with Crippen LogP contribution in [0.5, 0.6) is 0 Å². The number of guanidine groups is 1. The second kappa shape index (κ2) is 11.2. The van der Waals surface area contributed by atoms with Crippen LogP contribution in [-0.2, 0) is 11.2 Å². The Morgan fingerprint density at radius 2 is 1.97 bits per heavy atom. The Bertz CT molecular complexity index is 1000. The molecule has 0 aliphatic heterocycles. The molecule has 0 atom stereocenters. The monoisotopic (exact) mass is 569 g/mol. The number of carbonyl (C=O) groups excluding carboxylic acids is 1. The molecule has 0 saturated heterocycles. The normalized spacial score (nSPS) is 11.1. The van der Waals surface area contributed by atoms with Gasteiger partial charge in [0, 0.05) is 40.9 Å². The highest BCUT2D eigenvalue weighted by molar-refractivity contribution is 14.0. The summed E-state index contributed by atoms with van der Waals surface area (Å²) in [4.78, 5) is 19.7. The van der Waals surface area contributed by atoms with Crippen molar-refractivity contribution in [2.75, 3.05) is 25.5 Å². The number of halogens is 2. The van der Waals surface area contributed by atoms with Crippen LogP contribution < -0.4 is 16.0 Å². The number of nitrogens with zero attached hydrogens (tertiary/aromatic N) is 1. The Morgan fingerprint density at radius 1 is 1.17 bits per heavy atom. The zero-order valence-electron chi connectivity index (χ0n) is 16.4. The number of fused-ring (bicyclic) bond motifs is 1. The zero-order chi connectivity index (χ0) is 19.9. The van der Waals surface area contributed by atoms with E-state index in [0.717, 1.165) is 27.7 Å². The van der Waals surface area contributed by atoms with E-state index >= 15 is 0 Å². The van der Waals surface area contributed by atoms with Crippen molar-refractivity contribution in [2.24, 2.45) is 4.99 Å². The number of aryl methyl sites for hydroxylation is 1. The van der Waals surface area contributed by atoms with Crippen LogP contribution >= 0.6 is 39.9 Å². The fraction of sp³-hybridized carbons (Fsp3) is 0.238. The molecule has 3 rings (SSSR count). The molecule has 0 fully saturated rings. The average molecular weight is 570 g/mol. The van der Waals surface area contributed by atoms with E-state index in [2.05, 4.69) is 54.0 Å². The van der Waals surface area contributed by atoms with Crippen LogP contribution in [0.4, 0.5) is 5.69 Å². The number of anilines is 1. The highest BCUT2D eigenvalue weighted by Gasteiger charge is 2.07. The molecular formula is C21H25BrIN5O. The van der Waals surface area contributed by atoms with E-state index in [1.54, 1.807) is 7.05 Å². The van der Waals surface area contributed by atoms with Crippen LogP contribution in [0, 0.1) is 6.92 Å². The zero-order valence-corrected chi connectivity index (χ0v) is 20.3. The lowest BCUT2D eigenvalue weighted by molar-refractivity contribution is -0.115. The molecule has 3 aromatic rings. The maximum absolute atomic E-state index is 12.2. The molecule has 6 nitrogen and oxygen atoms in total. The van der Waals surface area contributed by atoms with E-state index in [0.29, 0.717) is 12.5 Å². The predicted molar refractivity (Wildman–Crippen MR) is 134 cm³/mol. The maximum Gasteiger partial charge on any atom is 0.243 e. The van der Waals surface area contributed by atoms with Crippen LogP contribution in [0.2, 0.25) is 0 Å². The van der Waals surface area contributed by atoms with Crippen LogP contribution in [0.15, 0.2) is 58.1 Å². The third-order valence-electron chi connectivity index (χ3n) is 4.48. The number of amides is 1. The number of rotatable bonds is 6. The van der Waals surface area contributed by atoms with Crippen molar-refractivity contribution in [3.05, 3.63) is 64.3 Å². The molecule has 0 aliphatic rings. The van der Waals surface area contributed by atoms with Gasteiger partial charge in [0.05, 0.1) is 6.54 Å². The number of aliphatic imine (C=N–C) groups is 1. The standard InChI is InChI=1S/C21H24BrN5O.HI/c1-14-7-8-16(22)11-19(14)27-20(28)13-26-21(23-2)24-10-9-15-12-25-18-6-4-3-5-17(15)18;/h3-8,11-12,25H,9-10,13H2,1-2H3,(H,27,28)(H2,23,24,26);1H. The number of benzene rings is 2. The van der Waals surface area contributed by atoms with Gasteiger partial charge in [0.2, 0.25) is 5.91 Å². The summed E-state index contributed by atoms with van der Waals surface area (Å²) in [5.74, 6) is 0.474. The largest absolute Gasteiger partial charge is 0.361 e. The van der Waals surface area contributed by atoms with Crippen molar-refractivity contribution in [3.8, 4) is 0 Å². The minimum absolute atomic E-state index is 0. The lowest BCUT2D eigenvalue weighted by Gasteiger charge is -2.13. The van der Waals surface area contributed by atoms with E-state index in [-0.39, 0.29) is 36.4 Å². The highest BCUT2D eigenvalue weighted by atomic mass is 127. The van der Waals surface area contributed by atoms with Crippen LogP contribution in [-0.4, -0.2) is 37.0 Å². The second-order valence-electron chi connectivity index (χ2n) is 6.47. The summed E-state index contributed by atoms with van der Waals surface area (Å²) in [6.45, 7) is 2.81. The van der Waals surface area contributed by atoms with Gasteiger partial charge in [0.15, 0.2) is 5.96 Å². The minimum atomic E-state index is -0.124. The summed E-state index contributed by atoms with van der Waals surface area (Å²) < 4.78 is 0.927. The van der Waals surface area contributed by atoms with Gasteiger partial charge in [-0.2, -0.15) is 0 Å². The Balaban J connectivity index is 0.00000300. The van der Waals surface area contributed by atoms with Crippen LogP contribution in [0.3, 0.4) is 0 Å². The molecule has 29 heavy (non-hydrogen) atoms. The summed E-state index contributed by atoms with van der Waals surface area (Å²) >= 11 is 3.42. The fourth-order valence-electron chi connectivity index (χ4n) is 2.96. The number of hydrogen-bond donors (Lipinski definition) is 4. The van der Waals surface area contributed by atoms with Gasteiger partial charge >= 0.3 is 0 Å². The molecule has 0 unspecified atom stereocenters. The molecule has 1 amide bonds. The molecule has 154 valence electrons. The number of aromatic amines is 1. The molecule has 0 bridgehead atoms. The maximum atomic E-state index is 12.2. The summed E-state index contributed by atoms with van der Waals surface area (Å²) in [5.41, 5.74) is 4.20. The van der Waals surface area contributed by atoms with Crippen LogP contribution in [0.25, 0.3) is 10.9 Å². The summed E-state index contributed by atoms with van der Waals surface area (Å²) in [6.07, 6.45) is 2.89. The molecule has 1 heterocycles. The molecule has 2 aromatic carbocycles. The molecule has 0 aliphatic carbocycles. The molecule has 1 aromatic heterocycles. The minimum Gasteiger partial charge on any atom is -0.361 e. The molecule has 0 spiro atoms. The van der Waals surface area contributed by atoms with Crippen molar-refractivity contribution >= 4 is 68.4 Å². The molecule has 4 N–H and O–H groups in total. The number of hydrogen-bond acceptors (Lipinski definition) is 2. The lowest BCUT2D eigenvalue weighted by Crippen LogP contribution is -2.42. The van der Waals surface area contributed by atoms with Gasteiger partial charge in [-0.3, -0.25) is 9.79 Å². The Morgan fingerprint density at radius 3 is 2.76 bits per heavy atom. The van der Waals surface area contributed by atoms with E-state index < -0.39 is 0 Å². The number of aromatic nitrogens is 1. The SMILES string of the molecule is CN=C(NCCc1c[nH]c2ccccc12)NCC(=O)Nc1cc(Br)ccc1C.I. The number of para-hydroxylation sites is 1. The predicted octanol–water partition coefficient (Wildman–Crippen LogP) is 4.20. The van der Waals surface area contributed by atoms with Gasteiger partial charge in [-0.1, -0.05) is 40.2 Å². The first-order valence-corrected chi connectivity index (χ1v) is 9.91. The van der Waals surface area contributed by atoms with Crippen molar-refractivity contribution in [1.29, 1.82) is 0 Å². The van der Waals surface area contributed by atoms with Gasteiger partial charge in [0.1, 0.15) is 0 Å². The van der Waals surface area contributed by atoms with Gasteiger partial charge in [-0.05, 0) is 42.7 Å². The lowest BCUT2D eigenvalue weighted by atomic mass is 10.1. The summed E-state index contributed by atoms with van der Waals surface area (Å²) in [5, 5.41) is 10.4. The van der Waals surface area contributed by atoms with Gasteiger partial charge < -0.3 is 20.9 Å². The number of nitrogens with one attached hydrogen (secondary N) is 4. The molecule has 0 saturated carbocycles. The molecular weight excluding hydrogens is 545 g/mol. The van der Waals surface area contributed by atoms with Crippen molar-refractivity contribution in [1.82, 2.24) is 15.6 Å². The third-order valence-corrected chi connectivity index (χ3v) is 4.97. The smallest absolute Gasteiger partial charge is 0.243 e. The van der Waals surface area contributed by atoms with Crippen molar-refractivity contribution in [3.63, 3.8) is 0 Å². The quantitative estimate of drug-likeness (QED) is 0.204. The number of H-pyrrole nitrogens is 1. The summed E-state index contributed by atoms with van der Waals surface area (Å²) in [6, 6.07) is 14.0. The number of carbonyl (C=O) groups is 1. The Kier molecular flexibility index (Phi) is 8.97. The van der Waals surface area contributed by atoms with Crippen LogP contribution in [0.1, 0.15) is 11.1 Å². The van der Waals surface area contributed by atoms with Gasteiger partial charge in [0.25, 0.3) is 0 Å². The first-order chi connectivity index (χ1) is 13.6. The molecule has 0 radical (unpaired) electrons. The Hall–Kier alpha value is -2.07. The van der Waals surface area contributed by atoms with Crippen molar-refractivity contribution < 1.29 is 4.79 Å². The highest BCUT2D eigenvalue weighted by Crippen LogP contribution is 2.20. The van der Waals surface area contributed by atoms with E-state index in [1.807, 2.05) is 43.5 Å². The average Bonchev–Trinajstić information content (AvgIpc) is 3.10. The first-order valence-electron chi connectivity index (χ1n) is 9.12. The van der Waals surface area contributed by atoms with Gasteiger partial charge in [-0.25, -0.2) is 0 Å². The topological polar surface area (TPSA) is 81.3 Å². The van der Waals surface area contributed by atoms with E-state index in [4.69, 9.17) is 0 Å². The summed E-state index contributed by atoms with van der Waals surface area (Å²) in [7, 11) is 1.69. The van der Waals surface area contributed by atoms with Gasteiger partial charge in [-0.15, -0.1) is 24.0 Å². The third kappa shape index (κ3) is 6.46. The Labute approximate surface area is 196 Å². The fourth-order valence-corrected chi connectivity index (χ4v) is 3.32.